The fourth-order valence-electron chi connectivity index (χ4n) is 1.37. The lowest BCUT2D eigenvalue weighted by molar-refractivity contribution is 1.39. The van der Waals surface area contributed by atoms with Crippen LogP contribution in [0, 0.1) is 0 Å². The molecule has 2 N–H and O–H groups in total. The molecule has 0 amide bonds. The first-order valence-electron chi connectivity index (χ1n) is 4.00. The maximum absolute atomic E-state index is 5.85. The van der Waals surface area contributed by atoms with E-state index in [9.17, 15) is 0 Å². The second-order valence-corrected chi connectivity index (χ2v) is 3.57. The van der Waals surface area contributed by atoms with E-state index >= 15 is 0 Å². The van der Waals surface area contributed by atoms with Gasteiger partial charge in [0.25, 0.3) is 0 Å². The Morgan fingerprint density at radius 3 is 2.92 bits per heavy atom. The number of hydrogen-bond acceptors (Lipinski definition) is 3. The van der Waals surface area contributed by atoms with Gasteiger partial charge >= 0.3 is 0 Å². The third-order valence-electron chi connectivity index (χ3n) is 1.97. The zero-order valence-electron chi connectivity index (χ0n) is 7.32. The Balaban J connectivity index is 2.84. The molecule has 0 fully saturated rings. The van der Waals surface area contributed by atoms with Crippen LogP contribution in [-0.4, -0.2) is 11.2 Å². The molecule has 0 unspecified atom stereocenters. The van der Waals surface area contributed by atoms with Crippen molar-refractivity contribution in [1.29, 1.82) is 0 Å². The summed E-state index contributed by atoms with van der Waals surface area (Å²) in [5, 5.41) is 1.13. The summed E-state index contributed by atoms with van der Waals surface area (Å²) in [5.74, 6) is 0. The molecule has 0 saturated carbocycles. The smallest absolute Gasteiger partial charge is 0.0714 e. The molecule has 0 bridgehead atoms. The topological polar surface area (TPSA) is 38.9 Å². The van der Waals surface area contributed by atoms with Gasteiger partial charge in [0.1, 0.15) is 0 Å². The highest BCUT2D eigenvalue weighted by atomic mass is 32.2. The maximum atomic E-state index is 5.85. The third-order valence-corrected chi connectivity index (χ3v) is 2.83. The van der Waals surface area contributed by atoms with Crippen molar-refractivity contribution in [3.8, 4) is 0 Å². The zero-order valence-corrected chi connectivity index (χ0v) is 8.14. The highest BCUT2D eigenvalue weighted by molar-refractivity contribution is 7.99. The van der Waals surface area contributed by atoms with Crippen molar-refractivity contribution < 1.29 is 0 Å². The molecule has 0 spiro atoms. The number of nitrogen functional groups attached to an aromatic ring is 1. The Morgan fingerprint density at radius 2 is 2.15 bits per heavy atom. The van der Waals surface area contributed by atoms with E-state index in [1.165, 1.54) is 0 Å². The van der Waals surface area contributed by atoms with Gasteiger partial charge in [-0.3, -0.25) is 4.98 Å². The molecule has 2 nitrogen and oxygen atoms in total. The van der Waals surface area contributed by atoms with Crippen molar-refractivity contribution in [2.24, 2.45) is 0 Å². The van der Waals surface area contributed by atoms with Crippen LogP contribution in [0.25, 0.3) is 10.9 Å². The van der Waals surface area contributed by atoms with Crippen LogP contribution < -0.4 is 5.73 Å². The van der Waals surface area contributed by atoms with Crippen LogP contribution in [0.15, 0.2) is 35.4 Å². The van der Waals surface area contributed by atoms with Crippen molar-refractivity contribution in [1.82, 2.24) is 4.98 Å². The van der Waals surface area contributed by atoms with Crippen LogP contribution in [0.2, 0.25) is 0 Å². The molecule has 1 aromatic heterocycles. The van der Waals surface area contributed by atoms with E-state index < -0.39 is 0 Å². The first-order chi connectivity index (χ1) is 6.33. The molecule has 2 rings (SSSR count). The normalized spacial score (nSPS) is 10.5. The number of aromatic nitrogens is 1. The molecule has 0 radical (unpaired) electrons. The van der Waals surface area contributed by atoms with Crippen LogP contribution in [0.4, 0.5) is 5.69 Å². The van der Waals surface area contributed by atoms with E-state index in [-0.39, 0.29) is 0 Å². The number of benzene rings is 1. The van der Waals surface area contributed by atoms with Gasteiger partial charge in [-0.2, -0.15) is 0 Å². The summed E-state index contributed by atoms with van der Waals surface area (Å²) >= 11 is 1.66. The van der Waals surface area contributed by atoms with Crippen molar-refractivity contribution >= 4 is 28.4 Å². The number of nitrogens with two attached hydrogens (primary N) is 1. The molecule has 1 heterocycles. The molecule has 0 saturated heterocycles. The number of fused-ring (bicyclic) bond motifs is 1. The molecular formula is C10H10N2S. The highest BCUT2D eigenvalue weighted by Crippen LogP contribution is 2.30. The van der Waals surface area contributed by atoms with E-state index in [4.69, 9.17) is 5.73 Å². The Kier molecular flexibility index (Phi) is 2.10. The minimum atomic E-state index is 0.827. The SMILES string of the molecule is CSc1c(N)ccc2ncccc12. The number of nitrogens with zero attached hydrogens (tertiary/aromatic N) is 1. The van der Waals surface area contributed by atoms with E-state index in [1.54, 1.807) is 18.0 Å². The second kappa shape index (κ2) is 3.26. The molecule has 66 valence electrons. The fraction of sp³-hybridized carbons (Fsp3) is 0.100. The molecule has 0 aliphatic heterocycles. The van der Waals surface area contributed by atoms with Crippen LogP contribution in [-0.2, 0) is 0 Å². The lowest BCUT2D eigenvalue weighted by atomic mass is 10.2. The van der Waals surface area contributed by atoms with E-state index in [0.29, 0.717) is 0 Å². The number of anilines is 1. The number of thioether (sulfide) groups is 1. The largest absolute Gasteiger partial charge is 0.398 e. The summed E-state index contributed by atoms with van der Waals surface area (Å²) in [6.45, 7) is 0. The minimum Gasteiger partial charge on any atom is -0.398 e. The highest BCUT2D eigenvalue weighted by Gasteiger charge is 2.03. The van der Waals surface area contributed by atoms with Gasteiger partial charge in [0.15, 0.2) is 0 Å². The zero-order chi connectivity index (χ0) is 9.26. The number of pyridine rings is 1. The number of rotatable bonds is 1. The van der Waals surface area contributed by atoms with Crippen molar-refractivity contribution in [2.75, 3.05) is 12.0 Å². The van der Waals surface area contributed by atoms with Gasteiger partial charge in [-0.1, -0.05) is 6.07 Å². The first kappa shape index (κ1) is 8.38. The van der Waals surface area contributed by atoms with Gasteiger partial charge in [-0.05, 0) is 24.5 Å². The van der Waals surface area contributed by atoms with Crippen LogP contribution in [0.3, 0.4) is 0 Å². The Labute approximate surface area is 81.2 Å². The van der Waals surface area contributed by atoms with Crippen molar-refractivity contribution in [2.45, 2.75) is 4.90 Å². The van der Waals surface area contributed by atoms with Gasteiger partial charge in [0.05, 0.1) is 5.52 Å². The fourth-order valence-corrected chi connectivity index (χ4v) is 2.07. The molecular weight excluding hydrogens is 180 g/mol. The van der Waals surface area contributed by atoms with E-state index in [1.807, 2.05) is 30.5 Å². The lowest BCUT2D eigenvalue weighted by Crippen LogP contribution is -1.89. The Bertz CT molecular complexity index is 440. The second-order valence-electron chi connectivity index (χ2n) is 2.76. The molecule has 0 atom stereocenters. The predicted octanol–water partition coefficient (Wildman–Crippen LogP) is 2.54. The standard InChI is InChI=1S/C10H10N2S/c1-13-10-7-3-2-6-12-9(7)5-4-8(10)11/h2-6H,11H2,1H3. The predicted molar refractivity (Wildman–Crippen MR) is 57.9 cm³/mol. The molecule has 0 aliphatic carbocycles. The van der Waals surface area contributed by atoms with Crippen LogP contribution in [0.5, 0.6) is 0 Å². The summed E-state index contributed by atoms with van der Waals surface area (Å²) in [6.07, 6.45) is 3.82. The Hall–Kier alpha value is -1.22. The Morgan fingerprint density at radius 1 is 1.31 bits per heavy atom. The van der Waals surface area contributed by atoms with Crippen molar-refractivity contribution in [3.63, 3.8) is 0 Å². The van der Waals surface area contributed by atoms with Gasteiger partial charge in [-0.25, -0.2) is 0 Å². The average Bonchev–Trinajstić information content (AvgIpc) is 2.18. The first-order valence-corrected chi connectivity index (χ1v) is 5.22. The minimum absolute atomic E-state index is 0.827. The molecule has 2 aromatic rings. The van der Waals surface area contributed by atoms with Gasteiger partial charge < -0.3 is 5.73 Å². The van der Waals surface area contributed by atoms with Gasteiger partial charge in [0, 0.05) is 22.2 Å². The monoisotopic (exact) mass is 190 g/mol. The van der Waals surface area contributed by atoms with Crippen LogP contribution in [0.1, 0.15) is 0 Å². The average molecular weight is 190 g/mol. The van der Waals surface area contributed by atoms with Crippen LogP contribution >= 0.6 is 11.8 Å². The number of hydrogen-bond donors (Lipinski definition) is 1. The summed E-state index contributed by atoms with van der Waals surface area (Å²) < 4.78 is 0. The molecule has 0 aliphatic rings. The molecule has 3 heteroatoms. The third kappa shape index (κ3) is 1.35. The summed E-state index contributed by atoms with van der Waals surface area (Å²) in [7, 11) is 0. The van der Waals surface area contributed by atoms with E-state index in [0.717, 1.165) is 21.5 Å². The maximum Gasteiger partial charge on any atom is 0.0714 e. The lowest BCUT2D eigenvalue weighted by Gasteiger charge is -2.05. The molecule has 13 heavy (non-hydrogen) atoms. The summed E-state index contributed by atoms with van der Waals surface area (Å²) in [4.78, 5) is 5.38. The van der Waals surface area contributed by atoms with Gasteiger partial charge in [0.2, 0.25) is 0 Å². The van der Waals surface area contributed by atoms with Gasteiger partial charge in [-0.15, -0.1) is 11.8 Å². The molecule has 1 aromatic carbocycles. The van der Waals surface area contributed by atoms with Crippen molar-refractivity contribution in [3.05, 3.63) is 30.5 Å². The van der Waals surface area contributed by atoms with E-state index in [2.05, 4.69) is 4.98 Å². The quantitative estimate of drug-likeness (QED) is 0.554. The summed E-state index contributed by atoms with van der Waals surface area (Å²) in [5.41, 5.74) is 7.68. The summed E-state index contributed by atoms with van der Waals surface area (Å²) in [6, 6.07) is 7.83.